The van der Waals surface area contributed by atoms with E-state index in [1.165, 1.54) is 0 Å². The van der Waals surface area contributed by atoms with Crippen LogP contribution < -0.4 is 5.32 Å². The zero-order valence-electron chi connectivity index (χ0n) is 10.3. The number of halogens is 1. The van der Waals surface area contributed by atoms with Crippen molar-refractivity contribution >= 4 is 37.4 Å². The molecular formula is C12H15BrN2O3S. The average molecular weight is 347 g/mol. The lowest BCUT2D eigenvalue weighted by Crippen LogP contribution is -2.43. The lowest BCUT2D eigenvalue weighted by atomic mass is 10.3. The molecule has 5 nitrogen and oxygen atoms in total. The van der Waals surface area contributed by atoms with Crippen molar-refractivity contribution in [1.29, 1.82) is 0 Å². The quantitative estimate of drug-likeness (QED) is 0.890. The van der Waals surface area contributed by atoms with Crippen molar-refractivity contribution < 1.29 is 13.2 Å². The molecule has 1 aliphatic heterocycles. The normalized spacial score (nSPS) is 19.0. The van der Waals surface area contributed by atoms with Crippen molar-refractivity contribution in [2.45, 2.75) is 0 Å². The van der Waals surface area contributed by atoms with Crippen molar-refractivity contribution in [2.24, 2.45) is 0 Å². The molecule has 0 bridgehead atoms. The second kappa shape index (κ2) is 6.02. The molecule has 1 saturated heterocycles. The Kier molecular flexibility index (Phi) is 4.59. The fourth-order valence-corrected chi connectivity index (χ4v) is 3.55. The van der Waals surface area contributed by atoms with Crippen LogP contribution in [0.1, 0.15) is 0 Å². The first-order valence-electron chi connectivity index (χ1n) is 5.93. The van der Waals surface area contributed by atoms with Gasteiger partial charge in [-0.15, -0.1) is 0 Å². The van der Waals surface area contributed by atoms with E-state index in [1.54, 1.807) is 0 Å². The maximum absolute atomic E-state index is 11.8. The Hall–Kier alpha value is -0.920. The number of carbonyl (C=O) groups excluding carboxylic acids is 1. The highest BCUT2D eigenvalue weighted by Crippen LogP contribution is 2.15. The van der Waals surface area contributed by atoms with Crippen molar-refractivity contribution in [3.63, 3.8) is 0 Å². The number of hydrogen-bond donors (Lipinski definition) is 1. The van der Waals surface area contributed by atoms with Crippen LogP contribution in [0.25, 0.3) is 0 Å². The molecule has 0 spiro atoms. The van der Waals surface area contributed by atoms with Crippen molar-refractivity contribution in [2.75, 3.05) is 36.5 Å². The summed E-state index contributed by atoms with van der Waals surface area (Å²) in [7, 11) is -2.90. The third kappa shape index (κ3) is 4.59. The molecule has 0 radical (unpaired) electrons. The molecule has 7 heteroatoms. The van der Waals surface area contributed by atoms with Gasteiger partial charge in [-0.2, -0.15) is 0 Å². The van der Waals surface area contributed by atoms with Crippen LogP contribution in [0, 0.1) is 0 Å². The van der Waals surface area contributed by atoms with Crippen LogP contribution in [-0.4, -0.2) is 50.4 Å². The van der Waals surface area contributed by atoms with E-state index in [9.17, 15) is 13.2 Å². The van der Waals surface area contributed by atoms with Gasteiger partial charge in [0.05, 0.1) is 18.1 Å². The Labute approximate surface area is 121 Å². The van der Waals surface area contributed by atoms with Crippen LogP contribution in [0.4, 0.5) is 5.69 Å². The van der Waals surface area contributed by atoms with Gasteiger partial charge in [-0.05, 0) is 18.2 Å². The standard InChI is InChI=1S/C12H15BrN2O3S/c13-10-2-1-3-11(8-10)14-12(16)9-15-4-6-19(17,18)7-5-15/h1-3,8H,4-7,9H2,(H,14,16). The Morgan fingerprint density at radius 1 is 1.32 bits per heavy atom. The molecule has 0 unspecified atom stereocenters. The topological polar surface area (TPSA) is 66.5 Å². The van der Waals surface area contributed by atoms with Gasteiger partial charge in [0.15, 0.2) is 9.84 Å². The second-order valence-electron chi connectivity index (χ2n) is 4.49. The van der Waals surface area contributed by atoms with Crippen LogP contribution in [0.5, 0.6) is 0 Å². The Morgan fingerprint density at radius 3 is 2.63 bits per heavy atom. The molecule has 0 aromatic heterocycles. The van der Waals surface area contributed by atoms with Gasteiger partial charge >= 0.3 is 0 Å². The van der Waals surface area contributed by atoms with Gasteiger partial charge in [-0.1, -0.05) is 22.0 Å². The Balaban J connectivity index is 1.85. The SMILES string of the molecule is O=C(CN1CCS(=O)(=O)CC1)Nc1cccc(Br)c1. The molecule has 2 rings (SSSR count). The summed E-state index contributed by atoms with van der Waals surface area (Å²) in [5.41, 5.74) is 0.726. The Morgan fingerprint density at radius 2 is 2.00 bits per heavy atom. The number of nitrogens with one attached hydrogen (secondary N) is 1. The molecule has 1 aromatic carbocycles. The van der Waals surface area contributed by atoms with E-state index in [0.717, 1.165) is 10.2 Å². The predicted octanol–water partition coefficient (Wildman–Crippen LogP) is 1.12. The first-order chi connectivity index (χ1) is 8.94. The zero-order valence-corrected chi connectivity index (χ0v) is 12.7. The molecule has 1 N–H and O–H groups in total. The molecule has 19 heavy (non-hydrogen) atoms. The number of nitrogens with zero attached hydrogens (tertiary/aromatic N) is 1. The van der Waals surface area contributed by atoms with Gasteiger partial charge in [-0.3, -0.25) is 9.69 Å². The minimum absolute atomic E-state index is 0.127. The minimum Gasteiger partial charge on any atom is -0.325 e. The molecular weight excluding hydrogens is 332 g/mol. The van der Waals surface area contributed by atoms with Crippen LogP contribution in [0.3, 0.4) is 0 Å². The van der Waals surface area contributed by atoms with Gasteiger partial charge in [0.2, 0.25) is 5.91 Å². The summed E-state index contributed by atoms with van der Waals surface area (Å²) in [6.45, 7) is 1.07. The number of hydrogen-bond acceptors (Lipinski definition) is 4. The molecule has 1 amide bonds. The molecule has 1 aliphatic rings. The number of anilines is 1. The van der Waals surface area contributed by atoms with Crippen LogP contribution in [0.2, 0.25) is 0 Å². The lowest BCUT2D eigenvalue weighted by molar-refractivity contribution is -0.117. The van der Waals surface area contributed by atoms with Gasteiger partial charge < -0.3 is 5.32 Å². The molecule has 0 aliphatic carbocycles. The van der Waals surface area contributed by atoms with E-state index in [2.05, 4.69) is 21.2 Å². The molecule has 0 atom stereocenters. The van der Waals surface area contributed by atoms with Crippen molar-refractivity contribution in [3.05, 3.63) is 28.7 Å². The fourth-order valence-electron chi connectivity index (χ4n) is 1.88. The fraction of sp³-hybridized carbons (Fsp3) is 0.417. The highest BCUT2D eigenvalue weighted by Gasteiger charge is 2.22. The monoisotopic (exact) mass is 346 g/mol. The summed E-state index contributed by atoms with van der Waals surface area (Å²) in [6.07, 6.45) is 0. The number of carbonyl (C=O) groups is 1. The maximum Gasteiger partial charge on any atom is 0.238 e. The van der Waals surface area contributed by atoms with E-state index in [1.807, 2.05) is 29.2 Å². The van der Waals surface area contributed by atoms with E-state index in [4.69, 9.17) is 0 Å². The number of amides is 1. The van der Waals surface area contributed by atoms with Crippen LogP contribution in [-0.2, 0) is 14.6 Å². The molecule has 1 heterocycles. The van der Waals surface area contributed by atoms with Gasteiger partial charge in [0, 0.05) is 23.2 Å². The summed E-state index contributed by atoms with van der Waals surface area (Å²) in [4.78, 5) is 13.7. The number of rotatable bonds is 3. The van der Waals surface area contributed by atoms with E-state index in [0.29, 0.717) is 13.1 Å². The van der Waals surface area contributed by atoms with Crippen molar-refractivity contribution in [3.8, 4) is 0 Å². The van der Waals surface area contributed by atoms with Crippen LogP contribution >= 0.6 is 15.9 Å². The molecule has 0 saturated carbocycles. The average Bonchev–Trinajstić information content (AvgIpc) is 2.32. The second-order valence-corrected chi connectivity index (χ2v) is 7.71. The summed E-state index contributed by atoms with van der Waals surface area (Å²) < 4.78 is 23.5. The third-order valence-corrected chi connectivity index (χ3v) is 5.02. The van der Waals surface area contributed by atoms with E-state index in [-0.39, 0.29) is 24.0 Å². The highest BCUT2D eigenvalue weighted by atomic mass is 79.9. The number of benzene rings is 1. The summed E-state index contributed by atoms with van der Waals surface area (Å²) in [6, 6.07) is 7.35. The zero-order chi connectivity index (χ0) is 13.9. The predicted molar refractivity (Wildman–Crippen MR) is 77.9 cm³/mol. The molecule has 104 valence electrons. The largest absolute Gasteiger partial charge is 0.325 e. The van der Waals surface area contributed by atoms with E-state index < -0.39 is 9.84 Å². The highest BCUT2D eigenvalue weighted by molar-refractivity contribution is 9.10. The maximum atomic E-state index is 11.8. The van der Waals surface area contributed by atoms with Gasteiger partial charge in [0.25, 0.3) is 0 Å². The lowest BCUT2D eigenvalue weighted by Gasteiger charge is -2.25. The van der Waals surface area contributed by atoms with Gasteiger partial charge in [0.1, 0.15) is 0 Å². The third-order valence-electron chi connectivity index (χ3n) is 2.91. The summed E-state index contributed by atoms with van der Waals surface area (Å²) in [5.74, 6) is 0.145. The number of sulfone groups is 1. The molecule has 1 fully saturated rings. The summed E-state index contributed by atoms with van der Waals surface area (Å²) >= 11 is 3.33. The Bertz CT molecular complexity index is 560. The molecule has 1 aromatic rings. The first kappa shape index (κ1) is 14.5. The van der Waals surface area contributed by atoms with E-state index >= 15 is 0 Å². The van der Waals surface area contributed by atoms with Crippen LogP contribution in [0.15, 0.2) is 28.7 Å². The van der Waals surface area contributed by atoms with Gasteiger partial charge in [-0.25, -0.2) is 8.42 Å². The smallest absolute Gasteiger partial charge is 0.238 e. The summed E-state index contributed by atoms with van der Waals surface area (Å²) in [5, 5.41) is 2.79. The minimum atomic E-state index is -2.90. The van der Waals surface area contributed by atoms with Crippen molar-refractivity contribution in [1.82, 2.24) is 4.90 Å². The first-order valence-corrected chi connectivity index (χ1v) is 8.54.